The highest BCUT2D eigenvalue weighted by Gasteiger charge is 2.40. The average Bonchev–Trinajstić information content (AvgIpc) is 3.14. The van der Waals surface area contributed by atoms with Crippen LogP contribution in [0.5, 0.6) is 0 Å². The molecule has 1 aliphatic carbocycles. The molecule has 9 heteroatoms. The molecule has 3 rings (SSSR count). The largest absolute Gasteiger partial charge is 0.443 e. The van der Waals surface area contributed by atoms with E-state index in [1.807, 2.05) is 12.1 Å². The number of Topliss-reactive ketones (excluding diaryl/α,β-unsaturated/α-hetero) is 1. The zero-order chi connectivity index (χ0) is 24.2. The molecule has 1 heterocycles. The van der Waals surface area contributed by atoms with Gasteiger partial charge < -0.3 is 10.1 Å². The number of amides is 2. The van der Waals surface area contributed by atoms with Gasteiger partial charge in [0.05, 0.1) is 16.4 Å². The molecule has 0 saturated heterocycles. The van der Waals surface area contributed by atoms with Crippen molar-refractivity contribution in [1.82, 2.24) is 15.8 Å². The van der Waals surface area contributed by atoms with Crippen LogP contribution in [0.1, 0.15) is 46.1 Å². The monoisotopic (exact) mass is 491 g/mol. The number of ether oxygens (including phenoxy) is 1. The molecule has 2 N–H and O–H groups in total. The van der Waals surface area contributed by atoms with Gasteiger partial charge in [0.1, 0.15) is 11.3 Å². The van der Waals surface area contributed by atoms with Crippen molar-refractivity contribution in [2.24, 2.45) is 5.92 Å². The van der Waals surface area contributed by atoms with E-state index in [9.17, 15) is 14.4 Å². The quantitative estimate of drug-likeness (QED) is 0.543. The van der Waals surface area contributed by atoms with Crippen LogP contribution in [0.3, 0.4) is 0 Å². The second kappa shape index (κ2) is 10.7. The molecule has 33 heavy (non-hydrogen) atoms. The Morgan fingerprint density at radius 1 is 1.24 bits per heavy atom. The Hall–Kier alpha value is -2.45. The minimum absolute atomic E-state index is 0.147. The SMILES string of the molecule is CCCCNC(=O)C1=CC(Cc2ccc(Cl)cc2)C(=O)C2=C1SCN2NC(=O)OC(C)(C)C. The third kappa shape index (κ3) is 6.54. The summed E-state index contributed by atoms with van der Waals surface area (Å²) >= 11 is 7.35. The summed E-state index contributed by atoms with van der Waals surface area (Å²) in [5, 5.41) is 5.04. The number of carbonyl (C=O) groups is 3. The number of unbranched alkanes of at least 4 members (excludes halogenated alkanes) is 1. The zero-order valence-electron chi connectivity index (χ0n) is 19.4. The Morgan fingerprint density at radius 2 is 1.94 bits per heavy atom. The molecule has 1 aromatic rings. The number of rotatable bonds is 7. The van der Waals surface area contributed by atoms with Crippen LogP contribution in [-0.2, 0) is 20.7 Å². The maximum absolute atomic E-state index is 13.5. The fourth-order valence-corrected chi connectivity index (χ4v) is 4.78. The molecule has 1 unspecified atom stereocenters. The fourth-order valence-electron chi connectivity index (χ4n) is 3.54. The number of ketones is 1. The highest BCUT2D eigenvalue weighted by atomic mass is 35.5. The number of nitrogens with zero attached hydrogens (tertiary/aromatic N) is 1. The maximum atomic E-state index is 13.5. The average molecular weight is 492 g/mol. The molecular weight excluding hydrogens is 462 g/mol. The van der Waals surface area contributed by atoms with Crippen LogP contribution in [0, 0.1) is 5.92 Å². The molecule has 0 saturated carbocycles. The summed E-state index contributed by atoms with van der Waals surface area (Å²) < 4.78 is 5.35. The standard InChI is InChI=1S/C24H30ClN3O4S/c1-5-6-11-26-22(30)18-13-16(12-15-7-9-17(25)10-8-15)20(29)19-21(18)33-14-28(19)27-23(31)32-24(2,3)4/h7-10,13,16H,5-6,11-12,14H2,1-4H3,(H,26,30)(H,27,31). The molecule has 1 aliphatic heterocycles. The van der Waals surface area contributed by atoms with E-state index in [0.29, 0.717) is 40.0 Å². The Balaban J connectivity index is 1.88. The minimum Gasteiger partial charge on any atom is -0.443 e. The number of thioether (sulfide) groups is 1. The lowest BCUT2D eigenvalue weighted by Crippen LogP contribution is -2.45. The summed E-state index contributed by atoms with van der Waals surface area (Å²) in [5.41, 5.74) is 3.72. The van der Waals surface area contributed by atoms with Gasteiger partial charge in [0, 0.05) is 17.5 Å². The second-order valence-electron chi connectivity index (χ2n) is 8.98. The molecule has 0 aromatic heterocycles. The molecule has 0 bridgehead atoms. The number of hydrogen-bond acceptors (Lipinski definition) is 6. The van der Waals surface area contributed by atoms with E-state index in [2.05, 4.69) is 17.7 Å². The van der Waals surface area contributed by atoms with E-state index in [1.165, 1.54) is 16.8 Å². The van der Waals surface area contributed by atoms with Gasteiger partial charge in [-0.1, -0.05) is 54.9 Å². The van der Waals surface area contributed by atoms with Crippen molar-refractivity contribution in [1.29, 1.82) is 0 Å². The van der Waals surface area contributed by atoms with E-state index in [1.54, 1.807) is 39.0 Å². The van der Waals surface area contributed by atoms with E-state index >= 15 is 0 Å². The van der Waals surface area contributed by atoms with Gasteiger partial charge in [-0.15, -0.1) is 0 Å². The van der Waals surface area contributed by atoms with Gasteiger partial charge in [0.2, 0.25) is 0 Å². The van der Waals surface area contributed by atoms with Crippen molar-refractivity contribution < 1.29 is 19.1 Å². The summed E-state index contributed by atoms with van der Waals surface area (Å²) in [6, 6.07) is 7.29. The first kappa shape index (κ1) is 25.2. The third-order valence-corrected chi connectivity index (χ3v) is 6.40. The normalized spacial score (nSPS) is 18.1. The van der Waals surface area contributed by atoms with Gasteiger partial charge >= 0.3 is 6.09 Å². The lowest BCUT2D eigenvalue weighted by Gasteiger charge is -2.28. The van der Waals surface area contributed by atoms with Gasteiger partial charge in [-0.3, -0.25) is 14.6 Å². The Kier molecular flexibility index (Phi) is 8.13. The Morgan fingerprint density at radius 3 is 2.58 bits per heavy atom. The summed E-state index contributed by atoms with van der Waals surface area (Å²) in [7, 11) is 0. The van der Waals surface area contributed by atoms with Crippen LogP contribution in [0.25, 0.3) is 0 Å². The van der Waals surface area contributed by atoms with Crippen LogP contribution >= 0.6 is 23.4 Å². The van der Waals surface area contributed by atoms with Crippen LogP contribution < -0.4 is 10.7 Å². The molecule has 178 valence electrons. The summed E-state index contributed by atoms with van der Waals surface area (Å²) in [6.07, 6.45) is 3.36. The van der Waals surface area contributed by atoms with Crippen LogP contribution in [0.4, 0.5) is 4.79 Å². The van der Waals surface area contributed by atoms with Crippen molar-refractivity contribution in [2.45, 2.75) is 52.6 Å². The molecule has 2 aliphatic rings. The summed E-state index contributed by atoms with van der Waals surface area (Å²) in [4.78, 5) is 39.4. The first-order valence-electron chi connectivity index (χ1n) is 11.0. The topological polar surface area (TPSA) is 87.7 Å². The number of allylic oxidation sites excluding steroid dienone is 2. The first-order chi connectivity index (χ1) is 15.6. The number of halogens is 1. The van der Waals surface area contributed by atoms with E-state index in [0.717, 1.165) is 18.4 Å². The Labute approximate surface area is 203 Å². The number of carbonyl (C=O) groups excluding carboxylic acids is 3. The van der Waals surface area contributed by atoms with E-state index in [-0.39, 0.29) is 11.7 Å². The summed E-state index contributed by atoms with van der Waals surface area (Å²) in [6.45, 7) is 7.93. The highest BCUT2D eigenvalue weighted by Crippen LogP contribution is 2.42. The Bertz CT molecular complexity index is 982. The maximum Gasteiger partial charge on any atom is 0.426 e. The number of benzene rings is 1. The zero-order valence-corrected chi connectivity index (χ0v) is 20.9. The lowest BCUT2D eigenvalue weighted by molar-refractivity contribution is -0.119. The van der Waals surface area contributed by atoms with Crippen molar-refractivity contribution in [3.8, 4) is 0 Å². The van der Waals surface area contributed by atoms with Crippen LogP contribution in [0.15, 0.2) is 46.5 Å². The number of hydrogen-bond donors (Lipinski definition) is 2. The third-order valence-electron chi connectivity index (χ3n) is 5.06. The molecule has 0 fully saturated rings. The van der Waals surface area contributed by atoms with Crippen molar-refractivity contribution in [2.75, 3.05) is 12.4 Å². The smallest absolute Gasteiger partial charge is 0.426 e. The highest BCUT2D eigenvalue weighted by molar-refractivity contribution is 8.03. The molecule has 2 amide bonds. The summed E-state index contributed by atoms with van der Waals surface area (Å²) in [5.74, 6) is -0.594. The molecule has 1 aromatic carbocycles. The fraction of sp³-hybridized carbons (Fsp3) is 0.458. The number of nitrogens with one attached hydrogen (secondary N) is 2. The molecule has 1 atom stereocenters. The van der Waals surface area contributed by atoms with Gasteiger partial charge in [0.25, 0.3) is 5.91 Å². The van der Waals surface area contributed by atoms with Crippen LogP contribution in [-0.4, -0.2) is 40.8 Å². The number of hydrazine groups is 1. The van der Waals surface area contributed by atoms with Gasteiger partial charge in [-0.25, -0.2) is 10.2 Å². The predicted octanol–water partition coefficient (Wildman–Crippen LogP) is 4.58. The van der Waals surface area contributed by atoms with Crippen molar-refractivity contribution in [3.05, 3.63) is 57.1 Å². The molecule has 0 radical (unpaired) electrons. The first-order valence-corrected chi connectivity index (χ1v) is 12.4. The van der Waals surface area contributed by atoms with Crippen LogP contribution in [0.2, 0.25) is 5.02 Å². The van der Waals surface area contributed by atoms with E-state index < -0.39 is 17.6 Å². The predicted molar refractivity (Wildman–Crippen MR) is 130 cm³/mol. The van der Waals surface area contributed by atoms with E-state index in [4.69, 9.17) is 16.3 Å². The van der Waals surface area contributed by atoms with Crippen molar-refractivity contribution >= 4 is 41.1 Å². The molecule has 0 spiro atoms. The minimum atomic E-state index is -0.675. The van der Waals surface area contributed by atoms with Crippen molar-refractivity contribution in [3.63, 3.8) is 0 Å². The molecular formula is C24H30ClN3O4S. The lowest BCUT2D eigenvalue weighted by atomic mass is 9.86. The van der Waals surface area contributed by atoms with Gasteiger partial charge in [-0.05, 0) is 51.3 Å². The van der Waals surface area contributed by atoms with Gasteiger partial charge in [0.15, 0.2) is 5.78 Å². The van der Waals surface area contributed by atoms with Gasteiger partial charge in [-0.2, -0.15) is 0 Å². The second-order valence-corrected chi connectivity index (χ2v) is 10.4. The molecule has 7 nitrogen and oxygen atoms in total.